The molecule has 0 saturated carbocycles. The van der Waals surface area contributed by atoms with Gasteiger partial charge in [0.2, 0.25) is 0 Å². The summed E-state index contributed by atoms with van der Waals surface area (Å²) in [6, 6.07) is 1.63. The van der Waals surface area contributed by atoms with E-state index in [-0.39, 0.29) is 11.8 Å². The van der Waals surface area contributed by atoms with Gasteiger partial charge in [-0.25, -0.2) is 9.97 Å². The monoisotopic (exact) mass is 354 g/mol. The molecule has 0 aliphatic carbocycles. The van der Waals surface area contributed by atoms with E-state index in [0.29, 0.717) is 38.9 Å². The summed E-state index contributed by atoms with van der Waals surface area (Å²) in [4.78, 5) is 10.2. The number of ether oxygens (including phenoxy) is 2. The summed E-state index contributed by atoms with van der Waals surface area (Å²) in [7, 11) is 4.65. The SMILES string of the molecule is COc1nc2cc(Cl)c(Cl)c(Cc3nnn(C)n3)c2nc1OC. The van der Waals surface area contributed by atoms with Gasteiger partial charge >= 0.3 is 0 Å². The summed E-state index contributed by atoms with van der Waals surface area (Å²) < 4.78 is 10.4. The topological polar surface area (TPSA) is 87.8 Å². The Bertz CT molecular complexity index is 883. The smallest absolute Gasteiger partial charge is 0.278 e. The van der Waals surface area contributed by atoms with Crippen molar-refractivity contribution in [3.05, 3.63) is 27.5 Å². The van der Waals surface area contributed by atoms with E-state index in [1.807, 2.05) is 0 Å². The fourth-order valence-electron chi connectivity index (χ4n) is 2.15. The molecule has 0 aliphatic rings. The Morgan fingerprint density at radius 3 is 2.43 bits per heavy atom. The molecule has 0 N–H and O–H groups in total. The average molecular weight is 355 g/mol. The van der Waals surface area contributed by atoms with Gasteiger partial charge in [0.25, 0.3) is 11.8 Å². The molecule has 0 spiro atoms. The summed E-state index contributed by atoms with van der Waals surface area (Å²) in [6.45, 7) is 0. The van der Waals surface area contributed by atoms with Gasteiger partial charge in [0.15, 0.2) is 5.82 Å². The highest BCUT2D eigenvalue weighted by Gasteiger charge is 2.19. The highest BCUT2D eigenvalue weighted by molar-refractivity contribution is 6.43. The van der Waals surface area contributed by atoms with Crippen LogP contribution in [0, 0.1) is 0 Å². The Morgan fingerprint density at radius 1 is 1.13 bits per heavy atom. The van der Waals surface area contributed by atoms with Crippen LogP contribution in [0.4, 0.5) is 0 Å². The van der Waals surface area contributed by atoms with Crippen molar-refractivity contribution in [2.24, 2.45) is 7.05 Å². The van der Waals surface area contributed by atoms with Gasteiger partial charge < -0.3 is 9.47 Å². The largest absolute Gasteiger partial charge is 0.477 e. The molecule has 10 heteroatoms. The molecule has 3 aromatic rings. The van der Waals surface area contributed by atoms with Crippen molar-refractivity contribution in [3.8, 4) is 11.8 Å². The van der Waals surface area contributed by atoms with Crippen LogP contribution in [0.3, 0.4) is 0 Å². The highest BCUT2D eigenvalue weighted by atomic mass is 35.5. The van der Waals surface area contributed by atoms with Crippen molar-refractivity contribution in [1.29, 1.82) is 0 Å². The van der Waals surface area contributed by atoms with E-state index in [9.17, 15) is 0 Å². The third-order valence-electron chi connectivity index (χ3n) is 3.16. The van der Waals surface area contributed by atoms with Crippen LogP contribution in [-0.2, 0) is 13.5 Å². The molecule has 0 atom stereocenters. The van der Waals surface area contributed by atoms with Crippen LogP contribution in [0.2, 0.25) is 10.0 Å². The van der Waals surface area contributed by atoms with E-state index >= 15 is 0 Å². The van der Waals surface area contributed by atoms with E-state index in [1.54, 1.807) is 13.1 Å². The van der Waals surface area contributed by atoms with Gasteiger partial charge in [-0.3, -0.25) is 0 Å². The second-order valence-electron chi connectivity index (χ2n) is 4.63. The number of fused-ring (bicyclic) bond motifs is 1. The lowest BCUT2D eigenvalue weighted by Gasteiger charge is -2.11. The number of aryl methyl sites for hydroxylation is 1. The second kappa shape index (κ2) is 6.13. The van der Waals surface area contributed by atoms with Crippen molar-refractivity contribution in [2.75, 3.05) is 14.2 Å². The maximum Gasteiger partial charge on any atom is 0.278 e. The summed E-state index contributed by atoms with van der Waals surface area (Å²) in [5, 5.41) is 12.6. The van der Waals surface area contributed by atoms with E-state index in [2.05, 4.69) is 25.4 Å². The molecule has 2 aromatic heterocycles. The van der Waals surface area contributed by atoms with E-state index < -0.39 is 0 Å². The lowest BCUT2D eigenvalue weighted by Crippen LogP contribution is -2.02. The Kier molecular flexibility index (Phi) is 4.18. The van der Waals surface area contributed by atoms with Crippen LogP contribution in [0.25, 0.3) is 11.0 Å². The number of hydrogen-bond acceptors (Lipinski definition) is 7. The minimum atomic E-state index is 0.256. The summed E-state index contributed by atoms with van der Waals surface area (Å²) >= 11 is 12.5. The Hall–Kier alpha value is -2.19. The number of rotatable bonds is 4. The predicted molar refractivity (Wildman–Crippen MR) is 84.3 cm³/mol. The van der Waals surface area contributed by atoms with Crippen LogP contribution in [0.1, 0.15) is 11.4 Å². The molecule has 0 radical (unpaired) electrons. The van der Waals surface area contributed by atoms with E-state index in [4.69, 9.17) is 32.7 Å². The third kappa shape index (κ3) is 2.87. The normalized spacial score (nSPS) is 11.0. The number of aromatic nitrogens is 6. The number of benzene rings is 1. The lowest BCUT2D eigenvalue weighted by atomic mass is 10.1. The molecule has 1 aromatic carbocycles. The number of halogens is 2. The molecule has 23 heavy (non-hydrogen) atoms. The molecular weight excluding hydrogens is 343 g/mol. The van der Waals surface area contributed by atoms with Crippen molar-refractivity contribution in [3.63, 3.8) is 0 Å². The van der Waals surface area contributed by atoms with Crippen LogP contribution in [0.5, 0.6) is 11.8 Å². The fourth-order valence-corrected chi connectivity index (χ4v) is 2.58. The molecule has 120 valence electrons. The lowest BCUT2D eigenvalue weighted by molar-refractivity contribution is 0.334. The van der Waals surface area contributed by atoms with Gasteiger partial charge in [0.1, 0.15) is 0 Å². The molecule has 8 nitrogen and oxygen atoms in total. The van der Waals surface area contributed by atoms with E-state index in [1.165, 1.54) is 19.0 Å². The van der Waals surface area contributed by atoms with Gasteiger partial charge in [-0.15, -0.1) is 10.2 Å². The minimum absolute atomic E-state index is 0.256. The quantitative estimate of drug-likeness (QED) is 0.708. The van der Waals surface area contributed by atoms with Gasteiger partial charge in [-0.2, -0.15) is 4.80 Å². The maximum absolute atomic E-state index is 6.34. The first-order chi connectivity index (χ1) is 11.0. The first-order valence-electron chi connectivity index (χ1n) is 6.53. The van der Waals surface area contributed by atoms with Crippen LogP contribution < -0.4 is 9.47 Å². The molecule has 0 aliphatic heterocycles. The standard InChI is InChI=1S/C13H12Cl2N6O2/c1-21-19-9(18-20-21)4-6-10(15)7(14)5-8-11(6)17-13(23-3)12(16-8)22-2/h5H,4H2,1-3H3. The first kappa shape index (κ1) is 15.7. The molecule has 0 amide bonds. The maximum atomic E-state index is 6.34. The van der Waals surface area contributed by atoms with Gasteiger partial charge in [0, 0.05) is 12.0 Å². The predicted octanol–water partition coefficient (Wildman–Crippen LogP) is 2.07. The van der Waals surface area contributed by atoms with Gasteiger partial charge in [-0.1, -0.05) is 23.2 Å². The van der Waals surface area contributed by atoms with Gasteiger partial charge in [-0.05, 0) is 11.3 Å². The van der Waals surface area contributed by atoms with E-state index in [0.717, 1.165) is 0 Å². The highest BCUT2D eigenvalue weighted by Crippen LogP contribution is 2.35. The van der Waals surface area contributed by atoms with Crippen molar-refractivity contribution in [2.45, 2.75) is 6.42 Å². The first-order valence-corrected chi connectivity index (χ1v) is 7.28. The molecule has 0 bridgehead atoms. The Labute approximate surface area is 141 Å². The van der Waals surface area contributed by atoms with Crippen molar-refractivity contribution < 1.29 is 9.47 Å². The van der Waals surface area contributed by atoms with Crippen LogP contribution in [0.15, 0.2) is 6.07 Å². The fraction of sp³-hybridized carbons (Fsp3) is 0.308. The molecule has 3 rings (SSSR count). The summed E-state index contributed by atoms with van der Waals surface area (Å²) in [6.07, 6.45) is 0.313. The molecule has 0 unspecified atom stereocenters. The average Bonchev–Trinajstić information content (AvgIpc) is 2.95. The Morgan fingerprint density at radius 2 is 1.83 bits per heavy atom. The summed E-state index contributed by atoms with van der Waals surface area (Å²) in [5.41, 5.74) is 1.73. The van der Waals surface area contributed by atoms with Crippen LogP contribution >= 0.6 is 23.2 Å². The number of nitrogens with zero attached hydrogens (tertiary/aromatic N) is 6. The molecule has 0 saturated heterocycles. The Balaban J connectivity index is 2.23. The zero-order valence-electron chi connectivity index (χ0n) is 12.5. The number of tetrazole rings is 1. The zero-order valence-corrected chi connectivity index (χ0v) is 14.1. The zero-order chi connectivity index (χ0) is 16.6. The number of hydrogen-bond donors (Lipinski definition) is 0. The third-order valence-corrected chi connectivity index (χ3v) is 3.98. The van der Waals surface area contributed by atoms with Gasteiger partial charge in [0.05, 0.1) is 42.3 Å². The summed E-state index contributed by atoms with van der Waals surface area (Å²) in [5.74, 6) is 1.02. The molecular formula is C13H12Cl2N6O2. The molecule has 2 heterocycles. The van der Waals surface area contributed by atoms with Crippen molar-refractivity contribution in [1.82, 2.24) is 30.2 Å². The minimum Gasteiger partial charge on any atom is -0.477 e. The molecule has 0 fully saturated rings. The number of methoxy groups -OCH3 is 2. The van der Waals surface area contributed by atoms with Crippen molar-refractivity contribution >= 4 is 34.2 Å². The van der Waals surface area contributed by atoms with Crippen LogP contribution in [-0.4, -0.2) is 44.4 Å². The second-order valence-corrected chi connectivity index (χ2v) is 5.42.